The van der Waals surface area contributed by atoms with Gasteiger partial charge in [0.15, 0.2) is 0 Å². The molecule has 1 aromatic rings. The van der Waals surface area contributed by atoms with Crippen molar-refractivity contribution < 1.29 is 27.5 Å². The highest BCUT2D eigenvalue weighted by molar-refractivity contribution is 6.31. The van der Waals surface area contributed by atoms with Crippen molar-refractivity contribution in [3.63, 3.8) is 0 Å². The van der Waals surface area contributed by atoms with Crippen molar-refractivity contribution in [1.82, 2.24) is 4.90 Å². The molecular formula is C17H18ClF3NO3Si. The van der Waals surface area contributed by atoms with E-state index in [2.05, 4.69) is 10.2 Å². The van der Waals surface area contributed by atoms with Gasteiger partial charge in [0.2, 0.25) is 5.91 Å². The monoisotopic (exact) mass is 404 g/mol. The second kappa shape index (κ2) is 8.00. The van der Waals surface area contributed by atoms with Crippen molar-refractivity contribution in [2.45, 2.75) is 37.1 Å². The number of hydrogen-bond donors (Lipinski definition) is 0. The molecule has 4 nitrogen and oxygen atoms in total. The molecular weight excluding hydrogens is 387 g/mol. The molecule has 1 aliphatic rings. The van der Waals surface area contributed by atoms with Gasteiger partial charge in [0.1, 0.15) is 11.0 Å². The second-order valence-electron chi connectivity index (χ2n) is 6.19. The molecule has 0 aliphatic heterocycles. The van der Waals surface area contributed by atoms with Crippen LogP contribution in [0.15, 0.2) is 24.3 Å². The number of carbonyl (C=O) groups excluding carboxylic acids is 2. The first-order chi connectivity index (χ1) is 12.1. The van der Waals surface area contributed by atoms with E-state index < -0.39 is 28.8 Å². The van der Waals surface area contributed by atoms with Crippen molar-refractivity contribution in [2.75, 3.05) is 13.0 Å². The van der Waals surface area contributed by atoms with Crippen LogP contribution in [0.1, 0.15) is 30.4 Å². The molecule has 1 amide bonds. The molecule has 1 aliphatic carbocycles. The van der Waals surface area contributed by atoms with E-state index in [-0.39, 0.29) is 18.3 Å². The average Bonchev–Trinajstić information content (AvgIpc) is 2.56. The number of methoxy groups -OCH3 is 1. The van der Waals surface area contributed by atoms with Crippen LogP contribution in [-0.2, 0) is 27.0 Å². The minimum atomic E-state index is -4.44. The summed E-state index contributed by atoms with van der Waals surface area (Å²) in [6.45, 7) is -0.0706. The first kappa shape index (κ1) is 20.8. The zero-order chi connectivity index (χ0) is 19.5. The average molecular weight is 405 g/mol. The number of hydrogen-bond acceptors (Lipinski definition) is 3. The summed E-state index contributed by atoms with van der Waals surface area (Å²) in [4.78, 5) is 26.1. The fourth-order valence-corrected chi connectivity index (χ4v) is 3.68. The first-order valence-electron chi connectivity index (χ1n) is 8.00. The zero-order valence-electron chi connectivity index (χ0n) is 14.1. The first-order valence-corrected chi connectivity index (χ1v) is 9.04. The molecule has 1 fully saturated rings. The molecule has 3 radical (unpaired) electrons. The van der Waals surface area contributed by atoms with Crippen LogP contribution in [0.25, 0.3) is 0 Å². The molecule has 0 N–H and O–H groups in total. The molecule has 1 atom stereocenters. The number of halogens is 4. The summed E-state index contributed by atoms with van der Waals surface area (Å²) in [5.41, 5.74) is -0.338. The number of carbonyl (C=O) groups is 2. The number of nitrogens with zero attached hydrogens (tertiary/aromatic N) is 1. The lowest BCUT2D eigenvalue weighted by Gasteiger charge is -2.47. The number of benzene rings is 1. The Balaban J connectivity index is 2.34. The Kier molecular flexibility index (Phi) is 6.39. The van der Waals surface area contributed by atoms with Crippen molar-refractivity contribution in [3.8, 4) is 0 Å². The lowest BCUT2D eigenvalue weighted by Crippen LogP contribution is -2.63. The van der Waals surface area contributed by atoms with Gasteiger partial charge in [0.25, 0.3) is 0 Å². The molecule has 2 rings (SSSR count). The largest absolute Gasteiger partial charge is 0.468 e. The van der Waals surface area contributed by atoms with Gasteiger partial charge in [-0.2, -0.15) is 13.2 Å². The van der Waals surface area contributed by atoms with Crippen molar-refractivity contribution >= 4 is 33.7 Å². The topological polar surface area (TPSA) is 46.6 Å². The van der Waals surface area contributed by atoms with Gasteiger partial charge >= 0.3 is 12.1 Å². The van der Waals surface area contributed by atoms with Crippen molar-refractivity contribution in [3.05, 3.63) is 35.4 Å². The molecule has 0 heterocycles. The molecule has 0 spiro atoms. The highest BCUT2D eigenvalue weighted by Crippen LogP contribution is 2.40. The van der Waals surface area contributed by atoms with Gasteiger partial charge in [0, 0.05) is 6.54 Å². The molecule has 0 saturated heterocycles. The van der Waals surface area contributed by atoms with Crippen molar-refractivity contribution in [2.24, 2.45) is 5.92 Å². The van der Waals surface area contributed by atoms with E-state index in [4.69, 9.17) is 16.3 Å². The van der Waals surface area contributed by atoms with Gasteiger partial charge in [-0.1, -0.05) is 18.6 Å². The highest BCUT2D eigenvalue weighted by Gasteiger charge is 2.51. The smallest absolute Gasteiger partial charge is 0.416 e. The second-order valence-corrected chi connectivity index (χ2v) is 7.22. The summed E-state index contributed by atoms with van der Waals surface area (Å²) in [5, 5.41) is -1.40. The van der Waals surface area contributed by atoms with E-state index in [9.17, 15) is 22.8 Å². The standard InChI is InChI=1S/C17H18ClF3NO3Si/c1-25-15(24)16(26,12-3-2-4-12)22(14(23)9-18)10-11-5-7-13(8-6-11)17(19,20)21/h5-8,12H,2-4,9-10H2,1H3/t16-/m0/s1. The summed E-state index contributed by atoms with van der Waals surface area (Å²) >= 11 is 5.70. The molecule has 0 bridgehead atoms. The minimum absolute atomic E-state index is 0.0706. The fraction of sp³-hybridized carbons (Fsp3) is 0.529. The molecule has 0 unspecified atom stereocenters. The number of ether oxygens (including phenoxy) is 1. The number of rotatable bonds is 6. The van der Waals surface area contributed by atoms with Crippen molar-refractivity contribution in [1.29, 1.82) is 0 Å². The maximum Gasteiger partial charge on any atom is 0.416 e. The van der Waals surface area contributed by atoms with E-state index in [0.29, 0.717) is 5.56 Å². The third-order valence-electron chi connectivity index (χ3n) is 4.66. The maximum atomic E-state index is 12.7. The van der Waals surface area contributed by atoms with Crippen LogP contribution in [0.3, 0.4) is 0 Å². The Hall–Kier alpha value is -1.54. The molecule has 9 heteroatoms. The van der Waals surface area contributed by atoms with Crippen LogP contribution in [0.5, 0.6) is 0 Å². The van der Waals surface area contributed by atoms with E-state index in [1.807, 2.05) is 0 Å². The van der Waals surface area contributed by atoms with Crippen LogP contribution < -0.4 is 0 Å². The Morgan fingerprint density at radius 3 is 2.23 bits per heavy atom. The third kappa shape index (κ3) is 4.06. The SMILES string of the molecule is COC(=O)[C@@]([Si])(C1CCC1)N(Cc1ccc(C(F)(F)F)cc1)C(=O)CCl. The normalized spacial score (nSPS) is 17.2. The molecule has 1 aromatic carbocycles. The predicted octanol–water partition coefficient (Wildman–Crippen LogP) is 3.11. The lowest BCUT2D eigenvalue weighted by atomic mass is 9.78. The number of alkyl halides is 4. The van der Waals surface area contributed by atoms with E-state index in [1.165, 1.54) is 24.1 Å². The van der Waals surface area contributed by atoms with Gasteiger partial charge in [-0.25, -0.2) is 4.79 Å². The van der Waals surface area contributed by atoms with Gasteiger partial charge in [-0.15, -0.1) is 11.6 Å². The van der Waals surface area contributed by atoms with Crippen LogP contribution >= 0.6 is 11.6 Å². The summed E-state index contributed by atoms with van der Waals surface area (Å²) in [6.07, 6.45) is -2.09. The van der Waals surface area contributed by atoms with Crippen LogP contribution in [0.2, 0.25) is 0 Å². The molecule has 141 valence electrons. The quantitative estimate of drug-likeness (QED) is 0.416. The number of esters is 1. The van der Waals surface area contributed by atoms with Crippen LogP contribution in [0, 0.1) is 5.92 Å². The predicted molar refractivity (Wildman–Crippen MR) is 90.6 cm³/mol. The molecule has 1 saturated carbocycles. The molecule has 0 aromatic heterocycles. The molecule has 26 heavy (non-hydrogen) atoms. The Morgan fingerprint density at radius 2 is 1.85 bits per heavy atom. The van der Waals surface area contributed by atoms with Crippen LogP contribution in [0.4, 0.5) is 13.2 Å². The van der Waals surface area contributed by atoms with Gasteiger partial charge in [0.05, 0.1) is 22.9 Å². The van der Waals surface area contributed by atoms with E-state index in [1.54, 1.807) is 0 Å². The number of amides is 1. The summed E-state index contributed by atoms with van der Waals surface area (Å²) in [7, 11) is 4.68. The maximum absolute atomic E-state index is 12.7. The zero-order valence-corrected chi connectivity index (χ0v) is 15.9. The van der Waals surface area contributed by atoms with Crippen LogP contribution in [-0.4, -0.2) is 45.2 Å². The third-order valence-corrected chi connectivity index (χ3v) is 5.77. The van der Waals surface area contributed by atoms with E-state index in [0.717, 1.165) is 31.4 Å². The Morgan fingerprint density at radius 1 is 1.27 bits per heavy atom. The summed E-state index contributed by atoms with van der Waals surface area (Å²) < 4.78 is 43.0. The Labute approximate surface area is 158 Å². The fourth-order valence-electron chi connectivity index (χ4n) is 2.94. The minimum Gasteiger partial charge on any atom is -0.468 e. The summed E-state index contributed by atoms with van der Waals surface area (Å²) in [5.74, 6) is -1.67. The van der Waals surface area contributed by atoms with Gasteiger partial charge in [-0.3, -0.25) is 4.79 Å². The van der Waals surface area contributed by atoms with E-state index >= 15 is 0 Å². The summed E-state index contributed by atoms with van der Waals surface area (Å²) in [6, 6.07) is 4.44. The van der Waals surface area contributed by atoms with Gasteiger partial charge < -0.3 is 9.64 Å². The Bertz CT molecular complexity index is 664. The van der Waals surface area contributed by atoms with Gasteiger partial charge in [-0.05, 0) is 36.5 Å². The lowest BCUT2D eigenvalue weighted by molar-refractivity contribution is -0.161. The highest BCUT2D eigenvalue weighted by atomic mass is 35.5.